The molecular formula is C13H22N2S. The summed E-state index contributed by atoms with van der Waals surface area (Å²) in [5.74, 6) is 0.726. The molecule has 1 aromatic heterocycles. The average molecular weight is 238 g/mol. The lowest BCUT2D eigenvalue weighted by atomic mass is 9.97. The molecule has 3 heteroatoms. The number of hydrogen-bond acceptors (Lipinski definition) is 3. The third kappa shape index (κ3) is 2.64. The molecule has 90 valence electrons. The van der Waals surface area contributed by atoms with Crippen molar-refractivity contribution in [2.24, 2.45) is 5.92 Å². The molecule has 1 aliphatic carbocycles. The molecule has 0 saturated carbocycles. The smallest absolute Gasteiger partial charge is 0.0928 e. The number of hydrogen-bond donors (Lipinski definition) is 1. The number of thiazole rings is 1. The van der Waals surface area contributed by atoms with E-state index in [1.54, 1.807) is 0 Å². The summed E-state index contributed by atoms with van der Waals surface area (Å²) in [5, 5.41) is 4.99. The van der Waals surface area contributed by atoms with Crippen LogP contribution in [0, 0.1) is 5.92 Å². The maximum Gasteiger partial charge on any atom is 0.0928 e. The van der Waals surface area contributed by atoms with E-state index in [-0.39, 0.29) is 0 Å². The molecule has 1 heterocycles. The zero-order valence-electron chi connectivity index (χ0n) is 10.5. The van der Waals surface area contributed by atoms with Crippen LogP contribution in [-0.4, -0.2) is 11.5 Å². The van der Waals surface area contributed by atoms with Crippen LogP contribution in [0.5, 0.6) is 0 Å². The summed E-state index contributed by atoms with van der Waals surface area (Å²) < 4.78 is 0. The number of aryl methyl sites for hydroxylation is 2. The van der Waals surface area contributed by atoms with Crippen LogP contribution >= 0.6 is 11.3 Å². The van der Waals surface area contributed by atoms with Gasteiger partial charge in [-0.15, -0.1) is 11.3 Å². The van der Waals surface area contributed by atoms with Crippen LogP contribution in [0.15, 0.2) is 0 Å². The zero-order chi connectivity index (χ0) is 11.5. The summed E-state index contributed by atoms with van der Waals surface area (Å²) in [6, 6.07) is 0.573. The van der Waals surface area contributed by atoms with E-state index in [1.165, 1.54) is 34.8 Å². The van der Waals surface area contributed by atoms with Gasteiger partial charge in [0.1, 0.15) is 0 Å². The summed E-state index contributed by atoms with van der Waals surface area (Å²) in [5.41, 5.74) is 1.37. The maximum atomic E-state index is 4.73. The third-order valence-corrected chi connectivity index (χ3v) is 4.43. The number of aromatic nitrogens is 1. The summed E-state index contributed by atoms with van der Waals surface area (Å²) >= 11 is 1.92. The van der Waals surface area contributed by atoms with Crippen molar-refractivity contribution in [2.75, 3.05) is 6.54 Å². The molecule has 16 heavy (non-hydrogen) atoms. The van der Waals surface area contributed by atoms with Gasteiger partial charge < -0.3 is 5.32 Å². The highest BCUT2D eigenvalue weighted by molar-refractivity contribution is 7.11. The van der Waals surface area contributed by atoms with Gasteiger partial charge in [0, 0.05) is 10.9 Å². The van der Waals surface area contributed by atoms with Crippen molar-refractivity contribution in [3.8, 4) is 0 Å². The first-order chi connectivity index (χ1) is 7.70. The highest BCUT2D eigenvalue weighted by Crippen LogP contribution is 2.34. The Balaban J connectivity index is 2.09. The van der Waals surface area contributed by atoms with Gasteiger partial charge in [0.15, 0.2) is 0 Å². The molecule has 0 aliphatic heterocycles. The summed E-state index contributed by atoms with van der Waals surface area (Å²) in [4.78, 5) is 6.24. The molecule has 0 fully saturated rings. The van der Waals surface area contributed by atoms with E-state index in [1.807, 2.05) is 11.3 Å². The molecule has 1 unspecified atom stereocenters. The largest absolute Gasteiger partial charge is 0.309 e. The van der Waals surface area contributed by atoms with E-state index in [0.717, 1.165) is 18.9 Å². The lowest BCUT2D eigenvalue weighted by Crippen LogP contribution is -2.27. The van der Waals surface area contributed by atoms with Gasteiger partial charge >= 0.3 is 0 Å². The quantitative estimate of drug-likeness (QED) is 0.870. The fourth-order valence-electron chi connectivity index (χ4n) is 2.19. The van der Waals surface area contributed by atoms with Crippen molar-refractivity contribution in [1.29, 1.82) is 0 Å². The number of fused-ring (bicyclic) bond motifs is 1. The van der Waals surface area contributed by atoms with Crippen molar-refractivity contribution in [3.05, 3.63) is 15.6 Å². The van der Waals surface area contributed by atoms with E-state index in [2.05, 4.69) is 26.1 Å². The van der Waals surface area contributed by atoms with Crippen molar-refractivity contribution >= 4 is 11.3 Å². The minimum Gasteiger partial charge on any atom is -0.309 e. The van der Waals surface area contributed by atoms with Gasteiger partial charge in [-0.25, -0.2) is 4.98 Å². The van der Waals surface area contributed by atoms with Crippen molar-refractivity contribution in [2.45, 2.75) is 52.5 Å². The molecular weight excluding hydrogens is 216 g/mol. The SMILES string of the molecule is CCc1nc2c(s1)C(NCC(C)C)CCC2. The normalized spacial score (nSPS) is 20.1. The minimum absolute atomic E-state index is 0.573. The topological polar surface area (TPSA) is 24.9 Å². The van der Waals surface area contributed by atoms with Crippen LogP contribution in [0.3, 0.4) is 0 Å². The van der Waals surface area contributed by atoms with Crippen LogP contribution in [0.1, 0.15) is 55.2 Å². The first kappa shape index (κ1) is 12.1. The van der Waals surface area contributed by atoms with Crippen LogP contribution in [0.4, 0.5) is 0 Å². The second-order valence-electron chi connectivity index (χ2n) is 5.02. The second-order valence-corrected chi connectivity index (χ2v) is 6.13. The van der Waals surface area contributed by atoms with Crippen molar-refractivity contribution in [3.63, 3.8) is 0 Å². The Morgan fingerprint density at radius 2 is 2.31 bits per heavy atom. The molecule has 0 amide bonds. The highest BCUT2D eigenvalue weighted by atomic mass is 32.1. The van der Waals surface area contributed by atoms with E-state index in [4.69, 9.17) is 4.98 Å². The molecule has 0 saturated heterocycles. The van der Waals surface area contributed by atoms with Crippen molar-refractivity contribution < 1.29 is 0 Å². The molecule has 0 radical (unpaired) electrons. The standard InChI is InChI=1S/C13H22N2S/c1-4-12-15-11-7-5-6-10(13(11)16-12)14-8-9(2)3/h9-10,14H,4-8H2,1-3H3. The molecule has 0 bridgehead atoms. The molecule has 0 aromatic carbocycles. The maximum absolute atomic E-state index is 4.73. The van der Waals surface area contributed by atoms with Crippen LogP contribution in [0.2, 0.25) is 0 Å². The van der Waals surface area contributed by atoms with Gasteiger partial charge in [-0.1, -0.05) is 20.8 Å². The Morgan fingerprint density at radius 1 is 1.50 bits per heavy atom. The predicted octanol–water partition coefficient (Wildman–Crippen LogP) is 3.33. The highest BCUT2D eigenvalue weighted by Gasteiger charge is 2.23. The fourth-order valence-corrected chi connectivity index (χ4v) is 3.36. The first-order valence-corrected chi connectivity index (χ1v) is 7.24. The molecule has 2 rings (SSSR count). The lowest BCUT2D eigenvalue weighted by molar-refractivity contribution is 0.430. The molecule has 2 nitrogen and oxygen atoms in total. The van der Waals surface area contributed by atoms with Crippen LogP contribution in [0.25, 0.3) is 0 Å². The summed E-state index contributed by atoms with van der Waals surface area (Å²) in [6.45, 7) is 7.84. The molecule has 1 N–H and O–H groups in total. The molecule has 1 atom stereocenters. The number of nitrogens with zero attached hydrogens (tertiary/aromatic N) is 1. The van der Waals surface area contributed by atoms with Gasteiger partial charge in [-0.05, 0) is 38.1 Å². The fraction of sp³-hybridized carbons (Fsp3) is 0.769. The Kier molecular flexibility index (Phi) is 3.98. The van der Waals surface area contributed by atoms with E-state index in [0.29, 0.717) is 6.04 Å². The van der Waals surface area contributed by atoms with Gasteiger partial charge in [0.25, 0.3) is 0 Å². The number of nitrogens with one attached hydrogen (secondary N) is 1. The summed E-state index contributed by atoms with van der Waals surface area (Å²) in [7, 11) is 0. The monoisotopic (exact) mass is 238 g/mol. The lowest BCUT2D eigenvalue weighted by Gasteiger charge is -2.23. The van der Waals surface area contributed by atoms with Crippen LogP contribution in [-0.2, 0) is 12.8 Å². The van der Waals surface area contributed by atoms with Crippen molar-refractivity contribution in [1.82, 2.24) is 10.3 Å². The number of rotatable bonds is 4. The predicted molar refractivity (Wildman–Crippen MR) is 70.0 cm³/mol. The Bertz CT molecular complexity index is 344. The van der Waals surface area contributed by atoms with Gasteiger partial charge in [-0.3, -0.25) is 0 Å². The van der Waals surface area contributed by atoms with Crippen LogP contribution < -0.4 is 5.32 Å². The Morgan fingerprint density at radius 3 is 3.00 bits per heavy atom. The minimum atomic E-state index is 0.573. The summed E-state index contributed by atoms with van der Waals surface area (Å²) in [6.07, 6.45) is 4.83. The molecule has 0 spiro atoms. The van der Waals surface area contributed by atoms with Gasteiger partial charge in [-0.2, -0.15) is 0 Å². The third-order valence-electron chi connectivity index (χ3n) is 3.07. The zero-order valence-corrected chi connectivity index (χ0v) is 11.4. The second kappa shape index (κ2) is 5.28. The molecule has 1 aliphatic rings. The van der Waals surface area contributed by atoms with E-state index >= 15 is 0 Å². The Labute approximate surface area is 102 Å². The average Bonchev–Trinajstić information content (AvgIpc) is 2.69. The van der Waals surface area contributed by atoms with Gasteiger partial charge in [0.2, 0.25) is 0 Å². The Hall–Kier alpha value is -0.410. The first-order valence-electron chi connectivity index (χ1n) is 6.42. The van der Waals surface area contributed by atoms with Gasteiger partial charge in [0.05, 0.1) is 10.7 Å². The molecule has 1 aromatic rings. The van der Waals surface area contributed by atoms with E-state index < -0.39 is 0 Å². The van der Waals surface area contributed by atoms with E-state index in [9.17, 15) is 0 Å².